The Bertz CT molecular complexity index is 687. The van der Waals surface area contributed by atoms with Gasteiger partial charge in [0, 0.05) is 17.2 Å². The van der Waals surface area contributed by atoms with Gasteiger partial charge in [-0.25, -0.2) is 13.2 Å². The number of rotatable bonds is 4. The van der Waals surface area contributed by atoms with Crippen LogP contribution in [0.4, 0.5) is 4.79 Å². The normalized spacial score (nSPS) is 21.5. The number of hydrogen-bond acceptors (Lipinski definition) is 5. The fraction of sp³-hybridized carbons (Fsp3) is 0.467. The van der Waals surface area contributed by atoms with Gasteiger partial charge in [0.05, 0.1) is 23.8 Å². The van der Waals surface area contributed by atoms with Crippen molar-refractivity contribution in [3.05, 3.63) is 35.9 Å². The summed E-state index contributed by atoms with van der Waals surface area (Å²) >= 11 is 0. The summed E-state index contributed by atoms with van der Waals surface area (Å²) in [5.74, 6) is -1.02. The lowest BCUT2D eigenvalue weighted by molar-refractivity contribution is 0.0638. The maximum atomic E-state index is 12.3. The van der Waals surface area contributed by atoms with Crippen molar-refractivity contribution in [1.29, 1.82) is 5.26 Å². The molecule has 2 rings (SSSR count). The molecule has 0 bridgehead atoms. The van der Waals surface area contributed by atoms with Crippen molar-refractivity contribution in [3.63, 3.8) is 0 Å². The predicted molar refractivity (Wildman–Crippen MR) is 85.1 cm³/mol. The molecule has 0 aliphatic carbocycles. The highest BCUT2D eigenvalue weighted by Gasteiger charge is 2.38. The van der Waals surface area contributed by atoms with E-state index in [0.717, 1.165) is 5.56 Å². The van der Waals surface area contributed by atoms with Crippen molar-refractivity contribution in [1.82, 2.24) is 4.90 Å². The van der Waals surface area contributed by atoms with Gasteiger partial charge >= 0.3 is 6.09 Å². The molecule has 2 atom stereocenters. The van der Waals surface area contributed by atoms with Crippen LogP contribution in [0.25, 0.3) is 0 Å². The summed E-state index contributed by atoms with van der Waals surface area (Å²) in [6.45, 7) is 0.441. The molecule has 124 valence electrons. The molecule has 0 N–H and O–H groups in total. The zero-order valence-corrected chi connectivity index (χ0v) is 14.0. The van der Waals surface area contributed by atoms with Crippen LogP contribution in [-0.4, -0.2) is 37.8 Å². The van der Waals surface area contributed by atoms with Crippen molar-refractivity contribution in [3.8, 4) is 6.07 Å². The third kappa shape index (κ3) is 5.12. The van der Waals surface area contributed by atoms with E-state index in [2.05, 4.69) is 6.07 Å². The van der Waals surface area contributed by atoms with E-state index in [4.69, 9.17) is 15.4 Å². The third-order valence-corrected chi connectivity index (χ3v) is 4.87. The zero-order valence-electron chi connectivity index (χ0n) is 12.4. The van der Waals surface area contributed by atoms with Crippen molar-refractivity contribution in [2.24, 2.45) is 5.92 Å². The molecule has 1 fully saturated rings. The van der Waals surface area contributed by atoms with Gasteiger partial charge in [0.2, 0.25) is 9.05 Å². The predicted octanol–water partition coefficient (Wildman–Crippen LogP) is 2.50. The fourth-order valence-electron chi connectivity index (χ4n) is 2.65. The maximum absolute atomic E-state index is 12.3. The number of amides is 1. The van der Waals surface area contributed by atoms with Crippen LogP contribution in [0.2, 0.25) is 0 Å². The number of halogens is 1. The molecule has 2 unspecified atom stereocenters. The average molecular weight is 357 g/mol. The second kappa shape index (κ2) is 7.66. The number of ether oxygens (including phenoxy) is 1. The Labute approximate surface area is 140 Å². The first-order valence-electron chi connectivity index (χ1n) is 7.20. The first kappa shape index (κ1) is 17.6. The number of benzene rings is 1. The molecule has 6 nitrogen and oxygen atoms in total. The molecule has 1 amide bonds. The van der Waals surface area contributed by atoms with E-state index < -0.39 is 32.9 Å². The molecular formula is C15H17ClN2O4S. The second-order valence-corrected chi connectivity index (χ2v) is 8.21. The van der Waals surface area contributed by atoms with Gasteiger partial charge in [-0.2, -0.15) is 5.26 Å². The molecule has 1 aromatic carbocycles. The van der Waals surface area contributed by atoms with Gasteiger partial charge < -0.3 is 9.64 Å². The molecule has 0 radical (unpaired) electrons. The molecule has 1 heterocycles. The summed E-state index contributed by atoms with van der Waals surface area (Å²) in [6.07, 6.45) is 0.534. The SMILES string of the molecule is N#CC1CCCN(C(=O)OCc2ccccc2)C1CS(=O)(=O)Cl. The third-order valence-electron chi connectivity index (χ3n) is 3.75. The van der Waals surface area contributed by atoms with Crippen molar-refractivity contribution in [2.75, 3.05) is 12.3 Å². The van der Waals surface area contributed by atoms with E-state index in [-0.39, 0.29) is 6.61 Å². The number of hydrogen-bond donors (Lipinski definition) is 0. The molecule has 23 heavy (non-hydrogen) atoms. The summed E-state index contributed by atoms with van der Waals surface area (Å²) in [5.41, 5.74) is 0.830. The van der Waals surface area contributed by atoms with Crippen LogP contribution in [0.15, 0.2) is 30.3 Å². The van der Waals surface area contributed by atoms with Gasteiger partial charge in [0.15, 0.2) is 0 Å². The molecule has 1 aromatic rings. The van der Waals surface area contributed by atoms with Crippen LogP contribution in [0, 0.1) is 17.2 Å². The van der Waals surface area contributed by atoms with Crippen molar-refractivity contribution in [2.45, 2.75) is 25.5 Å². The standard InChI is InChI=1S/C15H17ClN2O4S/c16-23(20,21)11-14-13(9-17)7-4-8-18(14)15(19)22-10-12-5-2-1-3-6-12/h1-3,5-6,13-14H,4,7-8,10-11H2. The number of nitrogens with zero attached hydrogens (tertiary/aromatic N) is 2. The number of likely N-dealkylation sites (tertiary alicyclic amines) is 1. The number of carbonyl (C=O) groups is 1. The van der Waals surface area contributed by atoms with E-state index in [1.165, 1.54) is 4.90 Å². The lowest BCUT2D eigenvalue weighted by Gasteiger charge is -2.37. The van der Waals surface area contributed by atoms with Crippen molar-refractivity contribution < 1.29 is 17.9 Å². The Balaban J connectivity index is 2.07. The lowest BCUT2D eigenvalue weighted by atomic mass is 9.92. The average Bonchev–Trinajstić information content (AvgIpc) is 2.52. The summed E-state index contributed by atoms with van der Waals surface area (Å²) in [6, 6.07) is 10.4. The van der Waals surface area contributed by atoms with Crippen LogP contribution in [-0.2, 0) is 20.4 Å². The number of carbonyl (C=O) groups excluding carboxylic acids is 1. The fourth-order valence-corrected chi connectivity index (χ4v) is 3.85. The van der Waals surface area contributed by atoms with E-state index in [1.54, 1.807) is 0 Å². The van der Waals surface area contributed by atoms with Gasteiger partial charge in [-0.3, -0.25) is 0 Å². The van der Waals surface area contributed by atoms with E-state index in [0.29, 0.717) is 19.4 Å². The van der Waals surface area contributed by atoms with Crippen LogP contribution >= 0.6 is 10.7 Å². The lowest BCUT2D eigenvalue weighted by Crippen LogP contribution is -2.51. The van der Waals surface area contributed by atoms with Crippen LogP contribution < -0.4 is 0 Å². The Morgan fingerprint density at radius 2 is 2.09 bits per heavy atom. The first-order chi connectivity index (χ1) is 10.9. The highest BCUT2D eigenvalue weighted by atomic mass is 35.7. The Hall–Kier alpha value is -1.78. The minimum atomic E-state index is -3.83. The molecule has 1 aliphatic heterocycles. The monoisotopic (exact) mass is 356 g/mol. The summed E-state index contributed by atoms with van der Waals surface area (Å²) in [4.78, 5) is 13.6. The highest BCUT2D eigenvalue weighted by Crippen LogP contribution is 2.26. The summed E-state index contributed by atoms with van der Waals surface area (Å²) < 4.78 is 28.0. The van der Waals surface area contributed by atoms with Crippen LogP contribution in [0.5, 0.6) is 0 Å². The number of piperidine rings is 1. The van der Waals surface area contributed by atoms with Crippen molar-refractivity contribution >= 4 is 25.8 Å². The van der Waals surface area contributed by atoms with Crippen LogP contribution in [0.3, 0.4) is 0 Å². The topological polar surface area (TPSA) is 87.5 Å². The Kier molecular flexibility index (Phi) is 5.85. The molecule has 1 saturated heterocycles. The number of nitriles is 1. The Morgan fingerprint density at radius 1 is 1.39 bits per heavy atom. The molecule has 0 aromatic heterocycles. The first-order valence-corrected chi connectivity index (χ1v) is 9.68. The minimum Gasteiger partial charge on any atom is -0.445 e. The summed E-state index contributed by atoms with van der Waals surface area (Å²) in [5, 5.41) is 9.20. The minimum absolute atomic E-state index is 0.0910. The van der Waals surface area contributed by atoms with Gasteiger partial charge in [-0.15, -0.1) is 0 Å². The molecule has 1 aliphatic rings. The van der Waals surface area contributed by atoms with E-state index >= 15 is 0 Å². The molecule has 0 saturated carbocycles. The second-order valence-electron chi connectivity index (χ2n) is 5.38. The van der Waals surface area contributed by atoms with Gasteiger partial charge in [-0.05, 0) is 18.4 Å². The van der Waals surface area contributed by atoms with Gasteiger partial charge in [0.25, 0.3) is 0 Å². The summed E-state index contributed by atoms with van der Waals surface area (Å²) in [7, 11) is 1.49. The van der Waals surface area contributed by atoms with Crippen LogP contribution in [0.1, 0.15) is 18.4 Å². The maximum Gasteiger partial charge on any atom is 0.410 e. The smallest absolute Gasteiger partial charge is 0.410 e. The molecular weight excluding hydrogens is 340 g/mol. The van der Waals surface area contributed by atoms with E-state index in [1.807, 2.05) is 30.3 Å². The van der Waals surface area contributed by atoms with Gasteiger partial charge in [-0.1, -0.05) is 30.3 Å². The highest BCUT2D eigenvalue weighted by molar-refractivity contribution is 8.13. The molecule has 0 spiro atoms. The molecule has 8 heteroatoms. The quantitative estimate of drug-likeness (QED) is 0.773. The zero-order chi connectivity index (χ0) is 16.9. The largest absolute Gasteiger partial charge is 0.445 e. The Morgan fingerprint density at radius 3 is 2.70 bits per heavy atom. The van der Waals surface area contributed by atoms with Gasteiger partial charge in [0.1, 0.15) is 6.61 Å². The van der Waals surface area contributed by atoms with E-state index in [9.17, 15) is 18.5 Å².